The van der Waals surface area contributed by atoms with Crippen LogP contribution < -0.4 is 19.7 Å². The SMILES string of the molecule is CC(=O)Nc1ccc(OC[C@H](O)C[n+]2cccc(C(=O)[O-])c2)cc1. The summed E-state index contributed by atoms with van der Waals surface area (Å²) < 4.78 is 7.03. The molecule has 0 unspecified atom stereocenters. The minimum atomic E-state index is -1.27. The Balaban J connectivity index is 1.86. The molecule has 0 aliphatic rings. The molecule has 0 bridgehead atoms. The van der Waals surface area contributed by atoms with Crippen LogP contribution in [0.4, 0.5) is 5.69 Å². The van der Waals surface area contributed by atoms with Crippen molar-refractivity contribution in [2.45, 2.75) is 19.6 Å². The number of aromatic carboxylic acids is 1. The summed E-state index contributed by atoms with van der Waals surface area (Å²) in [6.45, 7) is 1.65. The molecule has 7 nitrogen and oxygen atoms in total. The van der Waals surface area contributed by atoms with Crippen LogP contribution in [0.5, 0.6) is 5.75 Å². The van der Waals surface area contributed by atoms with Crippen LogP contribution in [-0.2, 0) is 11.3 Å². The molecule has 1 heterocycles. The molecule has 0 aliphatic carbocycles. The Morgan fingerprint density at radius 2 is 2.00 bits per heavy atom. The van der Waals surface area contributed by atoms with Crippen molar-refractivity contribution in [2.75, 3.05) is 11.9 Å². The summed E-state index contributed by atoms with van der Waals surface area (Å²) in [5.74, 6) is -0.874. The van der Waals surface area contributed by atoms with E-state index in [2.05, 4.69) is 5.32 Å². The van der Waals surface area contributed by atoms with Gasteiger partial charge in [-0.15, -0.1) is 0 Å². The van der Waals surface area contributed by atoms with E-state index in [1.54, 1.807) is 41.1 Å². The fourth-order valence-corrected chi connectivity index (χ4v) is 2.08. The third-order valence-electron chi connectivity index (χ3n) is 3.13. The lowest BCUT2D eigenvalue weighted by molar-refractivity contribution is -0.703. The molecular weight excluding hydrogens is 312 g/mol. The molecule has 1 atom stereocenters. The molecule has 0 fully saturated rings. The van der Waals surface area contributed by atoms with Crippen molar-refractivity contribution in [3.63, 3.8) is 0 Å². The number of hydrogen-bond acceptors (Lipinski definition) is 5. The molecule has 0 radical (unpaired) electrons. The lowest BCUT2D eigenvalue weighted by Crippen LogP contribution is -2.42. The number of nitrogens with one attached hydrogen (secondary N) is 1. The highest BCUT2D eigenvalue weighted by Gasteiger charge is 2.13. The number of rotatable bonds is 7. The average Bonchev–Trinajstić information content (AvgIpc) is 2.54. The van der Waals surface area contributed by atoms with Gasteiger partial charge in [0.15, 0.2) is 18.9 Å². The highest BCUT2D eigenvalue weighted by Crippen LogP contribution is 2.15. The molecule has 0 saturated carbocycles. The van der Waals surface area contributed by atoms with Crippen molar-refractivity contribution in [2.24, 2.45) is 0 Å². The van der Waals surface area contributed by atoms with Crippen LogP contribution >= 0.6 is 0 Å². The second-order valence-electron chi connectivity index (χ2n) is 5.25. The van der Waals surface area contributed by atoms with Gasteiger partial charge in [0.05, 0.1) is 11.5 Å². The van der Waals surface area contributed by atoms with Crippen LogP contribution in [0.15, 0.2) is 48.8 Å². The van der Waals surface area contributed by atoms with Gasteiger partial charge >= 0.3 is 0 Å². The Hall–Kier alpha value is -2.93. The van der Waals surface area contributed by atoms with Gasteiger partial charge in [-0.05, 0) is 30.3 Å². The first-order chi connectivity index (χ1) is 11.4. The molecule has 2 rings (SSSR count). The molecule has 2 aromatic rings. The zero-order chi connectivity index (χ0) is 17.5. The fourth-order valence-electron chi connectivity index (χ4n) is 2.08. The lowest BCUT2D eigenvalue weighted by Gasteiger charge is -2.11. The number of aliphatic hydroxyl groups excluding tert-OH is 1. The quantitative estimate of drug-likeness (QED) is 0.681. The van der Waals surface area contributed by atoms with Gasteiger partial charge < -0.3 is 25.1 Å². The van der Waals surface area contributed by atoms with E-state index < -0.39 is 12.1 Å². The number of benzene rings is 1. The maximum absolute atomic E-state index is 10.9. The summed E-state index contributed by atoms with van der Waals surface area (Å²) in [7, 11) is 0. The number of ether oxygens (including phenoxy) is 1. The van der Waals surface area contributed by atoms with Crippen molar-refractivity contribution < 1.29 is 29.1 Å². The van der Waals surface area contributed by atoms with Gasteiger partial charge in [-0.1, -0.05) is 0 Å². The first-order valence-electron chi connectivity index (χ1n) is 7.33. The Morgan fingerprint density at radius 3 is 2.62 bits per heavy atom. The number of carbonyl (C=O) groups is 2. The normalized spacial score (nSPS) is 11.6. The van der Waals surface area contributed by atoms with E-state index in [1.807, 2.05) is 0 Å². The van der Waals surface area contributed by atoms with E-state index in [9.17, 15) is 19.8 Å². The number of hydrogen-bond donors (Lipinski definition) is 2. The number of amides is 1. The molecule has 1 amide bonds. The van der Waals surface area contributed by atoms with Gasteiger partial charge in [0, 0.05) is 18.7 Å². The van der Waals surface area contributed by atoms with Crippen molar-refractivity contribution >= 4 is 17.6 Å². The smallest absolute Gasteiger partial charge is 0.221 e. The summed E-state index contributed by atoms with van der Waals surface area (Å²) >= 11 is 0. The number of carboxylic acid groups (broad SMARTS) is 1. The van der Waals surface area contributed by atoms with Crippen LogP contribution in [-0.4, -0.2) is 29.7 Å². The molecule has 24 heavy (non-hydrogen) atoms. The Labute approximate surface area is 139 Å². The van der Waals surface area contributed by atoms with Gasteiger partial charge in [0.2, 0.25) is 5.91 Å². The second kappa shape index (κ2) is 8.07. The first kappa shape index (κ1) is 17.4. The zero-order valence-corrected chi connectivity index (χ0v) is 13.1. The number of aliphatic hydroxyl groups is 1. The largest absolute Gasteiger partial charge is 0.545 e. The van der Waals surface area contributed by atoms with E-state index >= 15 is 0 Å². The van der Waals surface area contributed by atoms with E-state index in [1.165, 1.54) is 19.2 Å². The molecule has 126 valence electrons. The average molecular weight is 330 g/mol. The molecule has 0 saturated heterocycles. The first-order valence-corrected chi connectivity index (χ1v) is 7.33. The van der Waals surface area contributed by atoms with Crippen LogP contribution in [0, 0.1) is 0 Å². The third-order valence-corrected chi connectivity index (χ3v) is 3.13. The molecule has 1 aromatic carbocycles. The maximum atomic E-state index is 10.9. The highest BCUT2D eigenvalue weighted by molar-refractivity contribution is 5.88. The highest BCUT2D eigenvalue weighted by atomic mass is 16.5. The molecule has 0 spiro atoms. The van der Waals surface area contributed by atoms with Gasteiger partial charge in [0.25, 0.3) is 0 Å². The summed E-state index contributed by atoms with van der Waals surface area (Å²) in [6, 6.07) is 9.75. The van der Waals surface area contributed by atoms with Crippen molar-refractivity contribution in [1.29, 1.82) is 0 Å². The van der Waals surface area contributed by atoms with Crippen molar-refractivity contribution in [3.05, 3.63) is 54.4 Å². The molecule has 0 aliphatic heterocycles. The second-order valence-corrected chi connectivity index (χ2v) is 5.25. The lowest BCUT2D eigenvalue weighted by atomic mass is 10.2. The van der Waals surface area contributed by atoms with Crippen LogP contribution in [0.2, 0.25) is 0 Å². The Kier molecular flexibility index (Phi) is 5.86. The van der Waals surface area contributed by atoms with E-state index in [0.29, 0.717) is 11.4 Å². The van der Waals surface area contributed by atoms with Crippen molar-refractivity contribution in [3.8, 4) is 5.75 Å². The summed E-state index contributed by atoms with van der Waals surface area (Å²) in [6.07, 6.45) is 2.22. The van der Waals surface area contributed by atoms with E-state index in [-0.39, 0.29) is 24.6 Å². The predicted octanol–water partition coefficient (Wildman–Crippen LogP) is -0.264. The van der Waals surface area contributed by atoms with Gasteiger partial charge in [0.1, 0.15) is 18.5 Å². The molecule has 1 aromatic heterocycles. The predicted molar refractivity (Wildman–Crippen MR) is 83.2 cm³/mol. The number of nitrogens with zero attached hydrogens (tertiary/aromatic N) is 1. The molecule has 7 heteroatoms. The van der Waals surface area contributed by atoms with E-state index in [0.717, 1.165) is 0 Å². The van der Waals surface area contributed by atoms with Gasteiger partial charge in [-0.3, -0.25) is 4.79 Å². The molecule has 2 N–H and O–H groups in total. The van der Waals surface area contributed by atoms with E-state index in [4.69, 9.17) is 4.74 Å². The molecular formula is C17H18N2O5. The van der Waals surface area contributed by atoms with Crippen molar-refractivity contribution in [1.82, 2.24) is 0 Å². The topological polar surface area (TPSA) is 103 Å². The number of anilines is 1. The number of aromatic nitrogens is 1. The Bertz CT molecular complexity index is 715. The maximum Gasteiger partial charge on any atom is 0.221 e. The standard InChI is InChI=1S/C17H18N2O5/c1-12(20)18-14-4-6-16(7-5-14)24-11-15(21)10-19-8-2-3-13(9-19)17(22)23/h2-9,15,21H,10-11H2,1H3,(H-,18,20,22,23)/t15-/m1/s1. The van der Waals surface area contributed by atoms with Crippen LogP contribution in [0.25, 0.3) is 0 Å². The van der Waals surface area contributed by atoms with Gasteiger partial charge in [-0.2, -0.15) is 0 Å². The fraction of sp³-hybridized carbons (Fsp3) is 0.235. The summed E-state index contributed by atoms with van der Waals surface area (Å²) in [5, 5.41) is 23.5. The van der Waals surface area contributed by atoms with Crippen LogP contribution in [0.3, 0.4) is 0 Å². The van der Waals surface area contributed by atoms with Crippen LogP contribution in [0.1, 0.15) is 17.3 Å². The number of pyridine rings is 1. The third kappa shape index (κ3) is 5.36. The summed E-state index contributed by atoms with van der Waals surface area (Å²) in [5.41, 5.74) is 0.698. The summed E-state index contributed by atoms with van der Waals surface area (Å²) in [4.78, 5) is 21.7. The van der Waals surface area contributed by atoms with Gasteiger partial charge in [-0.25, -0.2) is 4.57 Å². The monoisotopic (exact) mass is 330 g/mol. The number of carboxylic acids is 1. The minimum Gasteiger partial charge on any atom is -0.545 e. The Morgan fingerprint density at radius 1 is 1.29 bits per heavy atom. The zero-order valence-electron chi connectivity index (χ0n) is 13.1. The minimum absolute atomic E-state index is 0.0409. The number of carbonyl (C=O) groups excluding carboxylic acids is 2.